The molecule has 2 aromatic carbocycles. The Kier molecular flexibility index (Phi) is 6.81. The Morgan fingerprint density at radius 2 is 1.72 bits per heavy atom. The third kappa shape index (κ3) is 5.23. The van der Waals surface area contributed by atoms with E-state index in [9.17, 15) is 14.4 Å². The van der Waals surface area contributed by atoms with Crippen LogP contribution in [0, 0.1) is 0 Å². The fraction of sp³-hybridized carbons (Fsp3) is 0.261. The average Bonchev–Trinajstić information content (AvgIpc) is 2.96. The van der Waals surface area contributed by atoms with E-state index in [1.54, 1.807) is 51.1 Å². The maximum atomic E-state index is 13.3. The minimum absolute atomic E-state index is 0.215. The first kappa shape index (κ1) is 23.6. The fourth-order valence-corrected chi connectivity index (χ4v) is 3.35. The van der Waals surface area contributed by atoms with Crippen LogP contribution in [-0.4, -0.2) is 37.3 Å². The second-order valence-electron chi connectivity index (χ2n) is 7.89. The van der Waals surface area contributed by atoms with Gasteiger partial charge in [-0.3, -0.25) is 4.79 Å². The summed E-state index contributed by atoms with van der Waals surface area (Å²) in [6, 6.07) is 9.53. The molecule has 2 aromatic rings. The topological polar surface area (TPSA) is 82.1 Å². The van der Waals surface area contributed by atoms with Crippen molar-refractivity contribution in [2.45, 2.75) is 26.4 Å². The van der Waals surface area contributed by atoms with E-state index in [-0.39, 0.29) is 12.2 Å². The van der Waals surface area contributed by atoms with Crippen molar-refractivity contribution in [2.75, 3.05) is 18.6 Å². The number of esters is 1. The number of benzene rings is 2. The summed E-state index contributed by atoms with van der Waals surface area (Å²) < 4.78 is 15.5. The molecule has 1 heterocycles. The number of methoxy groups -OCH3 is 1. The van der Waals surface area contributed by atoms with E-state index in [2.05, 4.69) is 4.74 Å². The highest BCUT2D eigenvalue weighted by atomic mass is 35.5. The molecule has 0 atom stereocenters. The van der Waals surface area contributed by atoms with Crippen LogP contribution < -0.4 is 9.64 Å². The van der Waals surface area contributed by atoms with Crippen LogP contribution in [0.15, 0.2) is 36.4 Å². The molecule has 3 rings (SSSR count). The van der Waals surface area contributed by atoms with Crippen molar-refractivity contribution in [3.05, 3.63) is 57.6 Å². The largest absolute Gasteiger partial charge is 0.481 e. The molecule has 0 spiro atoms. The van der Waals surface area contributed by atoms with Crippen LogP contribution in [0.5, 0.6) is 5.75 Å². The molecular formula is C23H21Cl2NO6. The summed E-state index contributed by atoms with van der Waals surface area (Å²) in [4.78, 5) is 38.5. The molecule has 0 bridgehead atoms. The Bertz CT molecular complexity index is 1120. The van der Waals surface area contributed by atoms with Gasteiger partial charge >= 0.3 is 12.1 Å². The lowest BCUT2D eigenvalue weighted by Crippen LogP contribution is -2.38. The van der Waals surface area contributed by atoms with Gasteiger partial charge in [-0.25, -0.2) is 14.5 Å². The van der Waals surface area contributed by atoms with Crippen LogP contribution in [-0.2, 0) is 19.1 Å². The molecule has 0 saturated heterocycles. The van der Waals surface area contributed by atoms with Crippen LogP contribution in [0.2, 0.25) is 10.0 Å². The summed E-state index contributed by atoms with van der Waals surface area (Å²) in [5.41, 5.74) is 0.653. The zero-order valence-electron chi connectivity index (χ0n) is 17.9. The molecule has 32 heavy (non-hydrogen) atoms. The number of carbonyl (C=O) groups excluding carboxylic acids is 3. The van der Waals surface area contributed by atoms with Gasteiger partial charge in [0.25, 0.3) is 5.91 Å². The van der Waals surface area contributed by atoms with Crippen LogP contribution in [0.4, 0.5) is 10.5 Å². The quantitative estimate of drug-likeness (QED) is 0.434. The fourth-order valence-electron chi connectivity index (χ4n) is 3.01. The predicted octanol–water partition coefficient (Wildman–Crippen LogP) is 5.37. The minimum atomic E-state index is -0.817. The van der Waals surface area contributed by atoms with Gasteiger partial charge in [0.1, 0.15) is 11.4 Å². The van der Waals surface area contributed by atoms with E-state index in [1.165, 1.54) is 19.3 Å². The van der Waals surface area contributed by atoms with Crippen molar-refractivity contribution in [3.8, 4) is 5.75 Å². The van der Waals surface area contributed by atoms with E-state index in [1.807, 2.05) is 0 Å². The molecule has 0 aliphatic carbocycles. The third-order valence-corrected chi connectivity index (χ3v) is 4.82. The molecule has 0 radical (unpaired) electrons. The van der Waals surface area contributed by atoms with Gasteiger partial charge in [-0.1, -0.05) is 29.3 Å². The number of carbonyl (C=O) groups is 3. The number of anilines is 1. The normalized spacial score (nSPS) is 14.4. The van der Waals surface area contributed by atoms with Gasteiger partial charge in [-0.15, -0.1) is 0 Å². The number of hydrogen-bond acceptors (Lipinski definition) is 6. The summed E-state index contributed by atoms with van der Waals surface area (Å²) in [7, 11) is 1.25. The van der Waals surface area contributed by atoms with Gasteiger partial charge in [0.2, 0.25) is 0 Å². The molecule has 0 saturated carbocycles. The Labute approximate surface area is 195 Å². The predicted molar refractivity (Wildman–Crippen MR) is 122 cm³/mol. The van der Waals surface area contributed by atoms with Crippen molar-refractivity contribution < 1.29 is 28.6 Å². The third-order valence-electron chi connectivity index (χ3n) is 4.35. The molecule has 2 amide bonds. The second kappa shape index (κ2) is 9.22. The van der Waals surface area contributed by atoms with Gasteiger partial charge in [-0.2, -0.15) is 0 Å². The van der Waals surface area contributed by atoms with Crippen molar-refractivity contribution in [1.29, 1.82) is 0 Å². The van der Waals surface area contributed by atoms with Crippen LogP contribution in [0.25, 0.3) is 11.6 Å². The average molecular weight is 478 g/mol. The maximum absolute atomic E-state index is 13.3. The smallest absolute Gasteiger partial charge is 0.422 e. The SMILES string of the molecule is COC(=O)COc1ccc(Cl)cc1/C=C1/C(=O)N(C(=O)OC(C)(C)C)c2cc(Cl)ccc21. The zero-order chi connectivity index (χ0) is 23.6. The lowest BCUT2D eigenvalue weighted by molar-refractivity contribution is -0.142. The number of rotatable bonds is 4. The van der Waals surface area contributed by atoms with E-state index in [0.29, 0.717) is 32.6 Å². The molecule has 0 unspecified atom stereocenters. The number of nitrogens with zero attached hydrogens (tertiary/aromatic N) is 1. The Morgan fingerprint density at radius 1 is 1.06 bits per heavy atom. The lowest BCUT2D eigenvalue weighted by atomic mass is 10.0. The number of amides is 2. The first-order valence-electron chi connectivity index (χ1n) is 9.58. The first-order chi connectivity index (χ1) is 15.0. The molecule has 1 aliphatic rings. The Hall–Kier alpha value is -3.03. The lowest BCUT2D eigenvalue weighted by Gasteiger charge is -2.23. The monoisotopic (exact) mass is 477 g/mol. The second-order valence-corrected chi connectivity index (χ2v) is 8.76. The molecule has 0 fully saturated rings. The number of halogens is 2. The first-order valence-corrected chi connectivity index (χ1v) is 10.3. The minimum Gasteiger partial charge on any atom is -0.481 e. The number of ether oxygens (including phenoxy) is 3. The number of fused-ring (bicyclic) bond motifs is 1. The highest BCUT2D eigenvalue weighted by Gasteiger charge is 2.39. The van der Waals surface area contributed by atoms with Crippen LogP contribution in [0.1, 0.15) is 31.9 Å². The standard InChI is InChI=1S/C23H21Cl2NO6/c1-23(2,3)32-22(29)26-18-11-15(25)5-7-16(18)17(21(26)28)10-13-9-14(24)6-8-19(13)31-12-20(27)30-4/h5-11H,12H2,1-4H3/b17-10+. The summed E-state index contributed by atoms with van der Waals surface area (Å²) >= 11 is 12.3. The Morgan fingerprint density at radius 3 is 2.38 bits per heavy atom. The molecule has 9 heteroatoms. The highest BCUT2D eigenvalue weighted by molar-refractivity contribution is 6.42. The van der Waals surface area contributed by atoms with Gasteiger partial charge in [-0.05, 0) is 57.2 Å². The van der Waals surface area contributed by atoms with Gasteiger partial charge in [0.05, 0.1) is 18.4 Å². The van der Waals surface area contributed by atoms with Crippen molar-refractivity contribution in [1.82, 2.24) is 0 Å². The zero-order valence-corrected chi connectivity index (χ0v) is 19.4. The van der Waals surface area contributed by atoms with E-state index in [4.69, 9.17) is 32.7 Å². The summed E-state index contributed by atoms with van der Waals surface area (Å²) in [6.45, 7) is 4.80. The molecular weight excluding hydrogens is 457 g/mol. The van der Waals surface area contributed by atoms with Gasteiger partial charge in [0.15, 0.2) is 6.61 Å². The van der Waals surface area contributed by atoms with E-state index >= 15 is 0 Å². The van der Waals surface area contributed by atoms with Crippen molar-refractivity contribution in [3.63, 3.8) is 0 Å². The van der Waals surface area contributed by atoms with Crippen molar-refractivity contribution in [2.24, 2.45) is 0 Å². The summed E-state index contributed by atoms with van der Waals surface area (Å²) in [6.07, 6.45) is 0.723. The molecule has 7 nitrogen and oxygen atoms in total. The van der Waals surface area contributed by atoms with E-state index < -0.39 is 23.6 Å². The maximum Gasteiger partial charge on any atom is 0.422 e. The summed E-state index contributed by atoms with van der Waals surface area (Å²) in [5.74, 6) is -0.840. The Balaban J connectivity index is 2.07. The van der Waals surface area contributed by atoms with Crippen LogP contribution >= 0.6 is 23.2 Å². The van der Waals surface area contributed by atoms with E-state index in [0.717, 1.165) is 4.90 Å². The van der Waals surface area contributed by atoms with Crippen LogP contribution in [0.3, 0.4) is 0 Å². The van der Waals surface area contributed by atoms with Gasteiger partial charge in [0, 0.05) is 21.2 Å². The highest BCUT2D eigenvalue weighted by Crippen LogP contribution is 2.41. The summed E-state index contributed by atoms with van der Waals surface area (Å²) in [5, 5.41) is 0.754. The molecule has 168 valence electrons. The van der Waals surface area contributed by atoms with Crippen molar-refractivity contribution >= 4 is 58.5 Å². The number of imide groups is 1. The number of hydrogen-bond donors (Lipinski definition) is 0. The van der Waals surface area contributed by atoms with Gasteiger partial charge < -0.3 is 14.2 Å². The molecule has 1 aliphatic heterocycles. The molecule has 0 aromatic heterocycles. The molecule has 0 N–H and O–H groups in total.